The number of amides is 1. The smallest absolute Gasteiger partial charge is 0.407 e. The second-order valence-electron chi connectivity index (χ2n) is 6.74. The highest BCUT2D eigenvalue weighted by atomic mass is 16.6. The summed E-state index contributed by atoms with van der Waals surface area (Å²) >= 11 is 0. The van der Waals surface area contributed by atoms with Crippen molar-refractivity contribution in [1.29, 1.82) is 0 Å². The molecule has 6 heteroatoms. The minimum Gasteiger partial charge on any atom is -0.444 e. The first-order chi connectivity index (χ1) is 11.2. The van der Waals surface area contributed by atoms with Crippen molar-refractivity contribution in [3.05, 3.63) is 35.4 Å². The van der Waals surface area contributed by atoms with Crippen LogP contribution in [0.1, 0.15) is 31.9 Å². The van der Waals surface area contributed by atoms with Crippen LogP contribution in [0.4, 0.5) is 4.79 Å². The normalized spacial score (nSPS) is 11.8. The maximum Gasteiger partial charge on any atom is 0.407 e. The number of aliphatic imine (C=N–C) groups is 1. The van der Waals surface area contributed by atoms with Crippen LogP contribution in [0, 0.1) is 6.92 Å². The molecule has 1 aromatic carbocycles. The summed E-state index contributed by atoms with van der Waals surface area (Å²) in [5.74, 6) is 0.779. The molecule has 0 radical (unpaired) electrons. The molecule has 0 saturated carbocycles. The van der Waals surface area contributed by atoms with Crippen LogP contribution in [0.2, 0.25) is 0 Å². The first-order valence-corrected chi connectivity index (χ1v) is 8.15. The average molecular weight is 334 g/mol. The van der Waals surface area contributed by atoms with E-state index >= 15 is 0 Å². The zero-order chi connectivity index (χ0) is 18.2. The van der Waals surface area contributed by atoms with Crippen LogP contribution in [0.3, 0.4) is 0 Å². The van der Waals surface area contributed by atoms with E-state index in [0.717, 1.165) is 12.5 Å². The number of carbonyl (C=O) groups is 1. The molecule has 6 nitrogen and oxygen atoms in total. The van der Waals surface area contributed by atoms with E-state index in [0.29, 0.717) is 13.1 Å². The summed E-state index contributed by atoms with van der Waals surface area (Å²) < 4.78 is 5.19. The van der Waals surface area contributed by atoms with Gasteiger partial charge in [0.1, 0.15) is 5.60 Å². The standard InChI is InChI=1S/C18H30N4O2/c1-14-7-9-15(10-8-14)13-22(6)16(19-5)20-11-12-21-17(23)24-18(2,3)4/h7-10H,11-13H2,1-6H3,(H,19,20)(H,21,23). The molecule has 1 amide bonds. The highest BCUT2D eigenvalue weighted by Gasteiger charge is 2.15. The van der Waals surface area contributed by atoms with Crippen molar-refractivity contribution in [2.45, 2.75) is 39.8 Å². The number of ether oxygens (including phenoxy) is 1. The molecule has 24 heavy (non-hydrogen) atoms. The number of hydrogen-bond donors (Lipinski definition) is 2. The summed E-state index contributed by atoms with van der Waals surface area (Å²) in [6.07, 6.45) is -0.410. The monoisotopic (exact) mass is 334 g/mol. The van der Waals surface area contributed by atoms with Gasteiger partial charge in [0.15, 0.2) is 5.96 Å². The van der Waals surface area contributed by atoms with Gasteiger partial charge >= 0.3 is 6.09 Å². The Balaban J connectivity index is 2.36. The van der Waals surface area contributed by atoms with Crippen molar-refractivity contribution in [2.24, 2.45) is 4.99 Å². The van der Waals surface area contributed by atoms with Crippen LogP contribution in [-0.4, -0.2) is 49.7 Å². The molecule has 0 atom stereocenters. The van der Waals surface area contributed by atoms with E-state index in [1.54, 1.807) is 7.05 Å². The predicted octanol–water partition coefficient (Wildman–Crippen LogP) is 2.53. The number of nitrogens with zero attached hydrogens (tertiary/aromatic N) is 2. The molecular formula is C18H30N4O2. The Hall–Kier alpha value is -2.24. The Kier molecular flexibility index (Phi) is 7.55. The largest absolute Gasteiger partial charge is 0.444 e. The Labute approximate surface area is 145 Å². The molecule has 2 N–H and O–H groups in total. The first kappa shape index (κ1) is 19.8. The molecule has 0 fully saturated rings. The third kappa shape index (κ3) is 7.85. The van der Waals surface area contributed by atoms with E-state index in [-0.39, 0.29) is 0 Å². The fourth-order valence-electron chi connectivity index (χ4n) is 2.08. The molecule has 0 aliphatic carbocycles. The summed E-state index contributed by atoms with van der Waals surface area (Å²) in [7, 11) is 3.73. The lowest BCUT2D eigenvalue weighted by atomic mass is 10.1. The molecule has 0 saturated heterocycles. The summed E-state index contributed by atoms with van der Waals surface area (Å²) in [5, 5.41) is 5.94. The Morgan fingerprint density at radius 1 is 1.17 bits per heavy atom. The molecule has 1 rings (SSSR count). The van der Waals surface area contributed by atoms with Crippen molar-refractivity contribution < 1.29 is 9.53 Å². The number of guanidine groups is 1. The fourth-order valence-corrected chi connectivity index (χ4v) is 2.08. The van der Waals surface area contributed by atoms with Gasteiger partial charge in [0.05, 0.1) is 0 Å². The van der Waals surface area contributed by atoms with E-state index in [4.69, 9.17) is 4.74 Å². The van der Waals surface area contributed by atoms with Gasteiger partial charge in [-0.25, -0.2) is 4.79 Å². The maximum atomic E-state index is 11.6. The van der Waals surface area contributed by atoms with Gasteiger partial charge in [0.2, 0.25) is 0 Å². The molecule has 0 aromatic heterocycles. The maximum absolute atomic E-state index is 11.6. The molecule has 0 heterocycles. The van der Waals surface area contributed by atoms with Crippen LogP contribution in [-0.2, 0) is 11.3 Å². The zero-order valence-electron chi connectivity index (χ0n) is 15.6. The lowest BCUT2D eigenvalue weighted by Crippen LogP contribution is -2.43. The van der Waals surface area contributed by atoms with E-state index < -0.39 is 11.7 Å². The van der Waals surface area contributed by atoms with E-state index in [2.05, 4.69) is 46.8 Å². The number of aryl methyl sites for hydroxylation is 1. The number of benzene rings is 1. The average Bonchev–Trinajstić information content (AvgIpc) is 2.47. The second-order valence-corrected chi connectivity index (χ2v) is 6.74. The highest BCUT2D eigenvalue weighted by molar-refractivity contribution is 5.79. The highest BCUT2D eigenvalue weighted by Crippen LogP contribution is 2.07. The van der Waals surface area contributed by atoms with Gasteiger partial charge in [-0.1, -0.05) is 29.8 Å². The SMILES string of the molecule is CN=C(NCCNC(=O)OC(C)(C)C)N(C)Cc1ccc(C)cc1. The fraction of sp³-hybridized carbons (Fsp3) is 0.556. The van der Waals surface area contributed by atoms with E-state index in [1.807, 2.05) is 32.7 Å². The molecule has 0 aliphatic rings. The van der Waals surface area contributed by atoms with Crippen molar-refractivity contribution in [2.75, 3.05) is 27.2 Å². The third-order valence-electron chi connectivity index (χ3n) is 3.19. The van der Waals surface area contributed by atoms with Crippen molar-refractivity contribution >= 4 is 12.1 Å². The van der Waals surface area contributed by atoms with Gasteiger partial charge < -0.3 is 20.3 Å². The number of alkyl carbamates (subject to hydrolysis) is 1. The molecule has 134 valence electrons. The first-order valence-electron chi connectivity index (χ1n) is 8.15. The Morgan fingerprint density at radius 3 is 2.29 bits per heavy atom. The number of hydrogen-bond acceptors (Lipinski definition) is 3. The summed E-state index contributed by atoms with van der Waals surface area (Å²) in [4.78, 5) is 17.9. The van der Waals surface area contributed by atoms with Gasteiger partial charge in [-0.2, -0.15) is 0 Å². The lowest BCUT2D eigenvalue weighted by molar-refractivity contribution is 0.0529. The lowest BCUT2D eigenvalue weighted by Gasteiger charge is -2.23. The summed E-state index contributed by atoms with van der Waals surface area (Å²) in [6.45, 7) is 9.40. The van der Waals surface area contributed by atoms with Crippen LogP contribution in [0.15, 0.2) is 29.3 Å². The molecular weight excluding hydrogens is 304 g/mol. The number of rotatable bonds is 5. The predicted molar refractivity (Wildman–Crippen MR) is 98.2 cm³/mol. The molecule has 0 unspecified atom stereocenters. The van der Waals surface area contributed by atoms with Gasteiger partial charge in [0, 0.05) is 33.7 Å². The van der Waals surface area contributed by atoms with Crippen molar-refractivity contribution in [1.82, 2.24) is 15.5 Å². The van der Waals surface area contributed by atoms with Crippen LogP contribution >= 0.6 is 0 Å². The van der Waals surface area contributed by atoms with Gasteiger partial charge in [-0.3, -0.25) is 4.99 Å². The van der Waals surface area contributed by atoms with E-state index in [1.165, 1.54) is 11.1 Å². The second kappa shape index (κ2) is 9.15. The van der Waals surface area contributed by atoms with Gasteiger partial charge in [-0.05, 0) is 33.3 Å². The molecule has 0 spiro atoms. The third-order valence-corrected chi connectivity index (χ3v) is 3.19. The van der Waals surface area contributed by atoms with Gasteiger partial charge in [-0.15, -0.1) is 0 Å². The Morgan fingerprint density at radius 2 is 1.75 bits per heavy atom. The minimum atomic E-state index is -0.484. The Bertz CT molecular complexity index is 547. The minimum absolute atomic E-state index is 0.410. The molecule has 0 aliphatic heterocycles. The van der Waals surface area contributed by atoms with Crippen molar-refractivity contribution in [3.8, 4) is 0 Å². The number of carbonyl (C=O) groups excluding carboxylic acids is 1. The van der Waals surface area contributed by atoms with Gasteiger partial charge in [0.25, 0.3) is 0 Å². The summed E-state index contributed by atoms with van der Waals surface area (Å²) in [5.41, 5.74) is 1.98. The topological polar surface area (TPSA) is 66.0 Å². The zero-order valence-corrected chi connectivity index (χ0v) is 15.6. The quantitative estimate of drug-likeness (QED) is 0.493. The van der Waals surface area contributed by atoms with Crippen LogP contribution in [0.25, 0.3) is 0 Å². The molecule has 0 bridgehead atoms. The molecule has 1 aromatic rings. The number of nitrogens with one attached hydrogen (secondary N) is 2. The van der Waals surface area contributed by atoms with Crippen LogP contribution < -0.4 is 10.6 Å². The van der Waals surface area contributed by atoms with E-state index in [9.17, 15) is 4.79 Å². The van der Waals surface area contributed by atoms with Crippen molar-refractivity contribution in [3.63, 3.8) is 0 Å². The summed E-state index contributed by atoms with van der Waals surface area (Å²) in [6, 6.07) is 8.43. The van der Waals surface area contributed by atoms with Crippen LogP contribution in [0.5, 0.6) is 0 Å².